The number of aromatic nitrogens is 1. The molecule has 122 valence electrons. The molecule has 1 aromatic carbocycles. The number of carboxylic acids is 1. The molecule has 1 N–H and O–H groups in total. The van der Waals surface area contributed by atoms with Gasteiger partial charge in [0.05, 0.1) is 0 Å². The van der Waals surface area contributed by atoms with Crippen LogP contribution in [0.3, 0.4) is 0 Å². The van der Waals surface area contributed by atoms with E-state index in [9.17, 15) is 18.7 Å². The smallest absolute Gasteiger partial charge is 0.343 e. The molecule has 0 radical (unpaired) electrons. The topological polar surface area (TPSA) is 66.6 Å². The number of benzene rings is 1. The first-order valence-electron chi connectivity index (χ1n) is 6.99. The van der Waals surface area contributed by atoms with Crippen LogP contribution in [0.5, 0.6) is 0 Å². The molecule has 23 heavy (non-hydrogen) atoms. The molecule has 0 bridgehead atoms. The van der Waals surface area contributed by atoms with E-state index in [4.69, 9.17) is 16.1 Å². The Bertz CT molecular complexity index is 721. The van der Waals surface area contributed by atoms with E-state index in [2.05, 4.69) is 5.16 Å². The Kier molecular flexibility index (Phi) is 3.97. The molecule has 1 fully saturated rings. The highest BCUT2D eigenvalue weighted by Crippen LogP contribution is 2.35. The van der Waals surface area contributed by atoms with Gasteiger partial charge in [-0.15, -0.1) is 0 Å². The van der Waals surface area contributed by atoms with Gasteiger partial charge in [0.1, 0.15) is 0 Å². The van der Waals surface area contributed by atoms with E-state index in [1.165, 1.54) is 4.90 Å². The maximum atomic E-state index is 13.3. The van der Waals surface area contributed by atoms with E-state index >= 15 is 0 Å². The van der Waals surface area contributed by atoms with Gasteiger partial charge >= 0.3 is 5.97 Å². The molecule has 0 saturated carbocycles. The number of nitrogens with zero attached hydrogens (tertiary/aromatic N) is 2. The molecule has 3 rings (SSSR count). The number of halogens is 3. The SMILES string of the molecule is O=C(O)c1c(N2CCC(F)(F)CC2)noc1-c1ccc(Cl)cc1. The Labute approximate surface area is 135 Å². The third kappa shape index (κ3) is 3.14. The number of carboxylic acid groups (broad SMARTS) is 1. The van der Waals surface area contributed by atoms with Gasteiger partial charge in [0.2, 0.25) is 0 Å². The second-order valence-corrected chi connectivity index (χ2v) is 5.80. The zero-order valence-corrected chi connectivity index (χ0v) is 12.7. The summed E-state index contributed by atoms with van der Waals surface area (Å²) in [5.41, 5.74) is 0.380. The van der Waals surface area contributed by atoms with Gasteiger partial charge in [-0.2, -0.15) is 0 Å². The summed E-state index contributed by atoms with van der Waals surface area (Å²) in [5, 5.41) is 13.8. The van der Waals surface area contributed by atoms with Gasteiger partial charge in [0, 0.05) is 36.5 Å². The Balaban J connectivity index is 1.96. The molecule has 0 amide bonds. The molecular weight excluding hydrogens is 330 g/mol. The lowest BCUT2D eigenvalue weighted by atomic mass is 10.0. The van der Waals surface area contributed by atoms with E-state index in [1.54, 1.807) is 24.3 Å². The van der Waals surface area contributed by atoms with Crippen molar-refractivity contribution in [3.8, 4) is 11.3 Å². The largest absolute Gasteiger partial charge is 0.477 e. The second-order valence-electron chi connectivity index (χ2n) is 5.37. The third-order valence-corrected chi connectivity index (χ3v) is 4.04. The van der Waals surface area contributed by atoms with Gasteiger partial charge in [-0.1, -0.05) is 16.8 Å². The molecule has 5 nitrogen and oxygen atoms in total. The van der Waals surface area contributed by atoms with Crippen LogP contribution in [0.25, 0.3) is 11.3 Å². The summed E-state index contributed by atoms with van der Waals surface area (Å²) in [6, 6.07) is 6.44. The highest BCUT2D eigenvalue weighted by atomic mass is 35.5. The standard InChI is InChI=1S/C15H13ClF2N2O3/c16-10-3-1-9(2-4-10)12-11(14(21)22)13(19-23-12)20-7-5-15(17,18)6-8-20/h1-4H,5-8H2,(H,21,22). The van der Waals surface area contributed by atoms with Crippen molar-refractivity contribution < 1.29 is 23.2 Å². The number of hydrogen-bond donors (Lipinski definition) is 1. The van der Waals surface area contributed by atoms with E-state index in [0.717, 1.165) is 0 Å². The zero-order valence-electron chi connectivity index (χ0n) is 11.9. The van der Waals surface area contributed by atoms with Crippen LogP contribution < -0.4 is 4.90 Å². The normalized spacial score (nSPS) is 17.3. The fourth-order valence-electron chi connectivity index (χ4n) is 2.53. The quantitative estimate of drug-likeness (QED) is 0.915. The van der Waals surface area contributed by atoms with Crippen LogP contribution in [-0.2, 0) is 0 Å². The molecule has 0 spiro atoms. The first kappa shape index (κ1) is 15.7. The Morgan fingerprint density at radius 2 is 1.87 bits per heavy atom. The summed E-state index contributed by atoms with van der Waals surface area (Å²) in [6.07, 6.45) is -0.676. The van der Waals surface area contributed by atoms with Crippen molar-refractivity contribution in [2.45, 2.75) is 18.8 Å². The molecule has 8 heteroatoms. The number of piperidine rings is 1. The summed E-state index contributed by atoms with van der Waals surface area (Å²) in [7, 11) is 0. The lowest BCUT2D eigenvalue weighted by Gasteiger charge is -2.31. The van der Waals surface area contributed by atoms with Crippen LogP contribution >= 0.6 is 11.6 Å². The van der Waals surface area contributed by atoms with E-state index in [0.29, 0.717) is 10.6 Å². The van der Waals surface area contributed by atoms with Crippen molar-refractivity contribution in [3.63, 3.8) is 0 Å². The first-order valence-corrected chi connectivity index (χ1v) is 7.37. The van der Waals surface area contributed by atoms with Gasteiger partial charge in [0.15, 0.2) is 17.1 Å². The summed E-state index contributed by atoms with van der Waals surface area (Å²) in [6.45, 7) is 0.0553. The van der Waals surface area contributed by atoms with Gasteiger partial charge < -0.3 is 14.5 Å². The Morgan fingerprint density at radius 3 is 2.43 bits per heavy atom. The predicted octanol–water partition coefficient (Wildman–Crippen LogP) is 3.93. The summed E-state index contributed by atoms with van der Waals surface area (Å²) >= 11 is 5.81. The molecule has 1 saturated heterocycles. The number of rotatable bonds is 3. The molecule has 1 aliphatic heterocycles. The van der Waals surface area contributed by atoms with Crippen molar-refractivity contribution >= 4 is 23.4 Å². The molecule has 0 aliphatic carbocycles. The molecule has 0 atom stereocenters. The van der Waals surface area contributed by atoms with Crippen LogP contribution in [-0.4, -0.2) is 35.2 Å². The van der Waals surface area contributed by atoms with Crippen molar-refractivity contribution in [3.05, 3.63) is 34.9 Å². The van der Waals surface area contributed by atoms with Crippen LogP contribution in [0.2, 0.25) is 5.02 Å². The summed E-state index contributed by atoms with van der Waals surface area (Å²) < 4.78 is 31.7. The molecular formula is C15H13ClF2N2O3. The van der Waals surface area contributed by atoms with Gasteiger partial charge in [0.25, 0.3) is 5.92 Å². The Morgan fingerprint density at radius 1 is 1.26 bits per heavy atom. The number of aromatic carboxylic acids is 1. The van der Waals surface area contributed by atoms with Crippen LogP contribution in [0.4, 0.5) is 14.6 Å². The fraction of sp³-hybridized carbons (Fsp3) is 0.333. The Hall–Kier alpha value is -2.15. The lowest BCUT2D eigenvalue weighted by Crippen LogP contribution is -2.40. The van der Waals surface area contributed by atoms with Crippen LogP contribution in [0, 0.1) is 0 Å². The summed E-state index contributed by atoms with van der Waals surface area (Å²) in [5.74, 6) is -3.77. The first-order chi connectivity index (χ1) is 10.9. The van der Waals surface area contributed by atoms with E-state index in [-0.39, 0.29) is 43.1 Å². The molecule has 0 unspecified atom stereocenters. The molecule has 1 aliphatic rings. The number of alkyl halides is 2. The zero-order chi connectivity index (χ0) is 16.6. The van der Waals surface area contributed by atoms with Crippen LogP contribution in [0.15, 0.2) is 28.8 Å². The monoisotopic (exact) mass is 342 g/mol. The highest BCUT2D eigenvalue weighted by Gasteiger charge is 2.37. The average molecular weight is 343 g/mol. The maximum Gasteiger partial charge on any atom is 0.343 e. The van der Waals surface area contributed by atoms with Crippen molar-refractivity contribution in [2.24, 2.45) is 0 Å². The second kappa shape index (κ2) is 5.81. The average Bonchev–Trinajstić information content (AvgIpc) is 2.93. The van der Waals surface area contributed by atoms with Gasteiger partial charge in [-0.3, -0.25) is 0 Å². The lowest BCUT2D eigenvalue weighted by molar-refractivity contribution is -0.0222. The molecule has 1 aromatic heterocycles. The minimum Gasteiger partial charge on any atom is -0.477 e. The number of carbonyl (C=O) groups is 1. The van der Waals surface area contributed by atoms with E-state index < -0.39 is 11.9 Å². The minimum absolute atomic E-state index is 0.0276. The fourth-order valence-corrected chi connectivity index (χ4v) is 2.66. The van der Waals surface area contributed by atoms with Crippen molar-refractivity contribution in [1.29, 1.82) is 0 Å². The molecule has 2 heterocycles. The van der Waals surface area contributed by atoms with Gasteiger partial charge in [-0.25, -0.2) is 13.6 Å². The summed E-state index contributed by atoms with van der Waals surface area (Å²) in [4.78, 5) is 13.1. The highest BCUT2D eigenvalue weighted by molar-refractivity contribution is 6.30. The molecule has 2 aromatic rings. The predicted molar refractivity (Wildman–Crippen MR) is 80.3 cm³/mol. The third-order valence-electron chi connectivity index (χ3n) is 3.79. The van der Waals surface area contributed by atoms with Crippen molar-refractivity contribution in [1.82, 2.24) is 5.16 Å². The van der Waals surface area contributed by atoms with Crippen LogP contribution in [0.1, 0.15) is 23.2 Å². The van der Waals surface area contributed by atoms with E-state index in [1.807, 2.05) is 0 Å². The number of hydrogen-bond acceptors (Lipinski definition) is 4. The minimum atomic E-state index is -2.72. The maximum absolute atomic E-state index is 13.3. The number of anilines is 1. The van der Waals surface area contributed by atoms with Gasteiger partial charge in [-0.05, 0) is 24.3 Å². The van der Waals surface area contributed by atoms with Crippen molar-refractivity contribution in [2.75, 3.05) is 18.0 Å².